The Balaban J connectivity index is 1.98. The van der Waals surface area contributed by atoms with E-state index < -0.39 is 24.9 Å². The van der Waals surface area contributed by atoms with Crippen molar-refractivity contribution in [3.63, 3.8) is 0 Å². The second-order valence-corrected chi connectivity index (χ2v) is 5.86. The van der Waals surface area contributed by atoms with Crippen LogP contribution in [0.3, 0.4) is 0 Å². The molecule has 1 aliphatic heterocycles. The van der Waals surface area contributed by atoms with Crippen molar-refractivity contribution in [1.82, 2.24) is 9.88 Å². The molecule has 1 aromatic heterocycles. The fourth-order valence-corrected chi connectivity index (χ4v) is 2.46. The van der Waals surface area contributed by atoms with Crippen LogP contribution in [0.15, 0.2) is 12.1 Å². The molecule has 2 heterocycles. The molecule has 0 radical (unpaired) electrons. The summed E-state index contributed by atoms with van der Waals surface area (Å²) in [6, 6.07) is 2.72. The standard InChI is InChI=1S/C15H21F3N4O2/c1-10-11(5-6-13(19-10)22-7-3-4-8-22)20-14(24)21(2)9-12(23)15(16,17)18/h5-6,12,23H,3-4,7-9H2,1-2H3,(H,20,24)/t12-/m1/s1. The van der Waals surface area contributed by atoms with Crippen molar-refractivity contribution in [1.29, 1.82) is 0 Å². The van der Waals surface area contributed by atoms with Crippen LogP contribution >= 0.6 is 0 Å². The number of nitrogens with zero attached hydrogens (tertiary/aromatic N) is 3. The number of anilines is 2. The number of rotatable bonds is 4. The molecule has 0 aromatic carbocycles. The smallest absolute Gasteiger partial charge is 0.382 e. The molecule has 2 N–H and O–H groups in total. The van der Waals surface area contributed by atoms with Gasteiger partial charge in [0.25, 0.3) is 0 Å². The molecule has 1 saturated heterocycles. The molecule has 24 heavy (non-hydrogen) atoms. The van der Waals surface area contributed by atoms with E-state index in [9.17, 15) is 18.0 Å². The van der Waals surface area contributed by atoms with Crippen LogP contribution in [-0.4, -0.2) is 60.0 Å². The lowest BCUT2D eigenvalue weighted by Gasteiger charge is -2.23. The van der Waals surface area contributed by atoms with Crippen LogP contribution in [0.1, 0.15) is 18.5 Å². The molecule has 1 aromatic rings. The molecule has 0 spiro atoms. The van der Waals surface area contributed by atoms with Crippen molar-refractivity contribution in [3.05, 3.63) is 17.8 Å². The van der Waals surface area contributed by atoms with Gasteiger partial charge >= 0.3 is 12.2 Å². The van der Waals surface area contributed by atoms with Crippen LogP contribution in [0.5, 0.6) is 0 Å². The summed E-state index contributed by atoms with van der Waals surface area (Å²) in [6.07, 6.45) is -5.11. The van der Waals surface area contributed by atoms with Crippen molar-refractivity contribution in [2.45, 2.75) is 32.0 Å². The van der Waals surface area contributed by atoms with E-state index in [0.717, 1.165) is 36.6 Å². The first-order valence-corrected chi connectivity index (χ1v) is 7.68. The normalized spacial score (nSPS) is 16.2. The molecule has 0 unspecified atom stereocenters. The summed E-state index contributed by atoms with van der Waals surface area (Å²) in [7, 11) is 1.19. The highest BCUT2D eigenvalue weighted by Gasteiger charge is 2.39. The lowest BCUT2D eigenvalue weighted by molar-refractivity contribution is -0.205. The number of urea groups is 1. The molecule has 0 bridgehead atoms. The maximum atomic E-state index is 12.3. The SMILES string of the molecule is Cc1nc(N2CCCC2)ccc1NC(=O)N(C)C[C@@H](O)C(F)(F)F. The quantitative estimate of drug-likeness (QED) is 0.878. The Bertz CT molecular complexity index is 589. The molecular weight excluding hydrogens is 325 g/mol. The molecule has 2 amide bonds. The number of halogens is 3. The van der Waals surface area contributed by atoms with Gasteiger partial charge in [-0.05, 0) is 31.9 Å². The van der Waals surface area contributed by atoms with Crippen LogP contribution in [-0.2, 0) is 0 Å². The molecule has 1 aliphatic rings. The van der Waals surface area contributed by atoms with Crippen LogP contribution < -0.4 is 10.2 Å². The van der Waals surface area contributed by atoms with Crippen molar-refractivity contribution >= 4 is 17.5 Å². The number of alkyl halides is 3. The Labute approximate surface area is 138 Å². The zero-order valence-corrected chi connectivity index (χ0v) is 13.6. The maximum Gasteiger partial charge on any atom is 0.416 e. The number of carbonyl (C=O) groups excluding carboxylic acids is 1. The van der Waals surface area contributed by atoms with Gasteiger partial charge in [-0.15, -0.1) is 0 Å². The summed E-state index contributed by atoms with van der Waals surface area (Å²) >= 11 is 0. The summed E-state index contributed by atoms with van der Waals surface area (Å²) in [5.74, 6) is 0.823. The number of aliphatic hydroxyl groups excluding tert-OH is 1. The van der Waals surface area contributed by atoms with E-state index in [-0.39, 0.29) is 0 Å². The highest BCUT2D eigenvalue weighted by molar-refractivity contribution is 5.89. The number of carbonyl (C=O) groups is 1. The van der Waals surface area contributed by atoms with Crippen molar-refractivity contribution in [2.75, 3.05) is 36.9 Å². The predicted molar refractivity (Wildman–Crippen MR) is 84.1 cm³/mol. The van der Waals surface area contributed by atoms with E-state index in [1.807, 2.05) is 0 Å². The van der Waals surface area contributed by atoms with Crippen molar-refractivity contribution in [2.24, 2.45) is 0 Å². The van der Waals surface area contributed by atoms with E-state index in [1.54, 1.807) is 19.1 Å². The number of amides is 2. The molecule has 6 nitrogen and oxygen atoms in total. The van der Waals surface area contributed by atoms with Gasteiger partial charge in [0, 0.05) is 20.1 Å². The minimum Gasteiger partial charge on any atom is -0.382 e. The van der Waals surface area contributed by atoms with E-state index in [4.69, 9.17) is 5.11 Å². The fourth-order valence-electron chi connectivity index (χ4n) is 2.46. The average molecular weight is 346 g/mol. The third kappa shape index (κ3) is 4.50. The summed E-state index contributed by atoms with van der Waals surface area (Å²) < 4.78 is 37.0. The first-order valence-electron chi connectivity index (χ1n) is 7.68. The molecule has 1 atom stereocenters. The predicted octanol–water partition coefficient (Wildman–Crippen LogP) is 2.38. The second-order valence-electron chi connectivity index (χ2n) is 5.86. The van der Waals surface area contributed by atoms with Gasteiger partial charge in [0.15, 0.2) is 6.10 Å². The van der Waals surface area contributed by atoms with E-state index in [2.05, 4.69) is 15.2 Å². The van der Waals surface area contributed by atoms with Gasteiger partial charge in [0.05, 0.1) is 17.9 Å². The molecule has 0 aliphatic carbocycles. The minimum atomic E-state index is -4.76. The number of aliphatic hydroxyl groups is 1. The summed E-state index contributed by atoms with van der Waals surface area (Å²) in [5, 5.41) is 11.5. The van der Waals surface area contributed by atoms with Crippen molar-refractivity contribution in [3.8, 4) is 0 Å². The molecule has 134 valence electrons. The third-order valence-electron chi connectivity index (χ3n) is 3.91. The van der Waals surface area contributed by atoms with Crippen LogP contribution in [0.4, 0.5) is 29.5 Å². The zero-order chi connectivity index (χ0) is 17.9. The zero-order valence-electron chi connectivity index (χ0n) is 13.6. The van der Waals surface area contributed by atoms with E-state index in [1.165, 1.54) is 7.05 Å². The highest BCUT2D eigenvalue weighted by Crippen LogP contribution is 2.23. The molecule has 9 heteroatoms. The number of hydrogen-bond donors (Lipinski definition) is 2. The van der Waals surface area contributed by atoms with Gasteiger partial charge in [-0.25, -0.2) is 9.78 Å². The molecule has 1 fully saturated rings. The Morgan fingerprint density at radius 1 is 1.42 bits per heavy atom. The number of aryl methyl sites for hydroxylation is 1. The number of likely N-dealkylation sites (N-methyl/N-ethyl adjacent to an activating group) is 1. The molecule has 2 rings (SSSR count). The minimum absolute atomic E-state index is 0.427. The lowest BCUT2D eigenvalue weighted by atomic mass is 10.3. The van der Waals surface area contributed by atoms with E-state index in [0.29, 0.717) is 11.4 Å². The van der Waals surface area contributed by atoms with Gasteiger partial charge in [0.2, 0.25) is 0 Å². The lowest BCUT2D eigenvalue weighted by Crippen LogP contribution is -2.43. The van der Waals surface area contributed by atoms with Crippen molar-refractivity contribution < 1.29 is 23.1 Å². The Morgan fingerprint density at radius 3 is 2.58 bits per heavy atom. The second kappa shape index (κ2) is 7.25. The summed E-state index contributed by atoms with van der Waals surface area (Å²) in [6.45, 7) is 2.76. The molecular formula is C15H21F3N4O2. The largest absolute Gasteiger partial charge is 0.416 e. The van der Waals surface area contributed by atoms with Gasteiger partial charge < -0.3 is 20.2 Å². The number of pyridine rings is 1. The number of nitrogens with one attached hydrogen (secondary N) is 1. The number of hydrogen-bond acceptors (Lipinski definition) is 4. The first-order chi connectivity index (χ1) is 11.2. The summed E-state index contributed by atoms with van der Waals surface area (Å²) in [5.41, 5.74) is 1.01. The van der Waals surface area contributed by atoms with Gasteiger partial charge in [-0.1, -0.05) is 0 Å². The topological polar surface area (TPSA) is 68.7 Å². The average Bonchev–Trinajstić information content (AvgIpc) is 3.02. The van der Waals surface area contributed by atoms with Gasteiger partial charge in [0.1, 0.15) is 5.82 Å². The van der Waals surface area contributed by atoms with Gasteiger partial charge in [-0.2, -0.15) is 13.2 Å². The maximum absolute atomic E-state index is 12.3. The third-order valence-corrected chi connectivity index (χ3v) is 3.91. The monoisotopic (exact) mass is 346 g/mol. The molecule has 0 saturated carbocycles. The number of aromatic nitrogens is 1. The van der Waals surface area contributed by atoms with E-state index >= 15 is 0 Å². The Hall–Kier alpha value is -2.03. The fraction of sp³-hybridized carbons (Fsp3) is 0.600. The Morgan fingerprint density at radius 2 is 2.04 bits per heavy atom. The van der Waals surface area contributed by atoms with Crippen LogP contribution in [0.25, 0.3) is 0 Å². The highest BCUT2D eigenvalue weighted by atomic mass is 19.4. The Kier molecular flexibility index (Phi) is 5.53. The first kappa shape index (κ1) is 18.3. The van der Waals surface area contributed by atoms with Crippen LogP contribution in [0.2, 0.25) is 0 Å². The van der Waals surface area contributed by atoms with Gasteiger partial charge in [-0.3, -0.25) is 0 Å². The summed E-state index contributed by atoms with van der Waals surface area (Å²) in [4.78, 5) is 19.3. The van der Waals surface area contributed by atoms with Crippen LogP contribution in [0, 0.1) is 6.92 Å².